The van der Waals surface area contributed by atoms with Gasteiger partial charge in [-0.15, -0.1) is 13.2 Å². The summed E-state index contributed by atoms with van der Waals surface area (Å²) in [5.74, 6) is 0.951. The molecular weight excluding hydrogens is 387 g/mol. The van der Waals surface area contributed by atoms with Crippen LogP contribution in [0.2, 0.25) is 0 Å². The minimum atomic E-state index is -4.73. The van der Waals surface area contributed by atoms with E-state index in [-0.39, 0.29) is 24.1 Å². The molecule has 29 heavy (non-hydrogen) atoms. The molecule has 2 aromatic carbocycles. The first-order chi connectivity index (χ1) is 13.8. The minimum absolute atomic E-state index is 0.153. The summed E-state index contributed by atoms with van der Waals surface area (Å²) in [7, 11) is 0. The highest BCUT2D eigenvalue weighted by atomic mass is 19.4. The van der Waals surface area contributed by atoms with Gasteiger partial charge in [-0.3, -0.25) is 4.79 Å². The van der Waals surface area contributed by atoms with Crippen molar-refractivity contribution in [2.45, 2.75) is 38.6 Å². The van der Waals surface area contributed by atoms with Crippen molar-refractivity contribution in [1.82, 2.24) is 5.32 Å². The highest BCUT2D eigenvalue weighted by molar-refractivity contribution is 5.76. The van der Waals surface area contributed by atoms with E-state index in [1.165, 1.54) is 24.3 Å². The standard InChI is InChI=1S/C21H22F3NO4/c1-14(16-5-7-17(8-6-16)29-21(22,23)24)25-20(26)10-4-15-3-9-18-19(13-15)28-12-2-11-27-18/h3,5-9,13-14H,2,4,10-12H2,1H3,(H,25,26). The Bertz CT molecular complexity index is 837. The van der Waals surface area contributed by atoms with Gasteiger partial charge in [-0.25, -0.2) is 0 Å². The van der Waals surface area contributed by atoms with E-state index in [9.17, 15) is 18.0 Å². The lowest BCUT2D eigenvalue weighted by Gasteiger charge is -2.16. The molecule has 1 heterocycles. The molecule has 0 fully saturated rings. The number of aryl methyl sites for hydroxylation is 1. The van der Waals surface area contributed by atoms with Crippen LogP contribution in [0.5, 0.6) is 17.2 Å². The SMILES string of the molecule is CC(NC(=O)CCc1ccc2c(c1)OCCCO2)c1ccc(OC(F)(F)F)cc1. The second-order valence-corrected chi connectivity index (χ2v) is 6.74. The first-order valence-corrected chi connectivity index (χ1v) is 9.34. The lowest BCUT2D eigenvalue weighted by Crippen LogP contribution is -2.26. The number of benzene rings is 2. The average molecular weight is 409 g/mol. The number of ether oxygens (including phenoxy) is 3. The largest absolute Gasteiger partial charge is 0.573 e. The highest BCUT2D eigenvalue weighted by Crippen LogP contribution is 2.31. The monoisotopic (exact) mass is 409 g/mol. The molecule has 0 aliphatic carbocycles. The van der Waals surface area contributed by atoms with E-state index in [4.69, 9.17) is 9.47 Å². The van der Waals surface area contributed by atoms with Crippen molar-refractivity contribution in [3.8, 4) is 17.2 Å². The Morgan fingerprint density at radius 1 is 1.10 bits per heavy atom. The van der Waals surface area contributed by atoms with E-state index >= 15 is 0 Å². The second kappa shape index (κ2) is 9.07. The maximum absolute atomic E-state index is 12.3. The van der Waals surface area contributed by atoms with Crippen LogP contribution >= 0.6 is 0 Å². The zero-order valence-electron chi connectivity index (χ0n) is 15.9. The van der Waals surface area contributed by atoms with Crippen LogP contribution in [0.15, 0.2) is 42.5 Å². The third-order valence-electron chi connectivity index (χ3n) is 4.44. The molecule has 3 rings (SSSR count). The molecule has 1 aliphatic heterocycles. The highest BCUT2D eigenvalue weighted by Gasteiger charge is 2.31. The fourth-order valence-corrected chi connectivity index (χ4v) is 2.98. The average Bonchev–Trinajstić information content (AvgIpc) is 2.90. The van der Waals surface area contributed by atoms with Crippen LogP contribution in [0.3, 0.4) is 0 Å². The van der Waals surface area contributed by atoms with Gasteiger partial charge < -0.3 is 19.5 Å². The molecule has 8 heteroatoms. The predicted molar refractivity (Wildman–Crippen MR) is 100 cm³/mol. The number of carbonyl (C=O) groups excluding carboxylic acids is 1. The first kappa shape index (κ1) is 20.8. The van der Waals surface area contributed by atoms with Crippen molar-refractivity contribution in [3.05, 3.63) is 53.6 Å². The first-order valence-electron chi connectivity index (χ1n) is 9.34. The van der Waals surface area contributed by atoms with Crippen molar-refractivity contribution in [3.63, 3.8) is 0 Å². The quantitative estimate of drug-likeness (QED) is 0.760. The third-order valence-corrected chi connectivity index (χ3v) is 4.44. The van der Waals surface area contributed by atoms with E-state index < -0.39 is 6.36 Å². The van der Waals surface area contributed by atoms with Crippen LogP contribution in [-0.4, -0.2) is 25.5 Å². The number of alkyl halides is 3. The fraction of sp³-hybridized carbons (Fsp3) is 0.381. The summed E-state index contributed by atoms with van der Waals surface area (Å²) in [4.78, 5) is 12.3. The van der Waals surface area contributed by atoms with Gasteiger partial charge in [-0.1, -0.05) is 18.2 Å². The summed E-state index contributed by atoms with van der Waals surface area (Å²) in [6.07, 6.45) is -3.09. The topological polar surface area (TPSA) is 56.8 Å². The third kappa shape index (κ3) is 6.30. The van der Waals surface area contributed by atoms with Gasteiger partial charge in [-0.05, 0) is 48.7 Å². The smallest absolute Gasteiger partial charge is 0.490 e. The maximum atomic E-state index is 12.3. The van der Waals surface area contributed by atoms with Gasteiger partial charge >= 0.3 is 6.36 Å². The van der Waals surface area contributed by atoms with Crippen LogP contribution in [-0.2, 0) is 11.2 Å². The zero-order valence-corrected chi connectivity index (χ0v) is 15.9. The van der Waals surface area contributed by atoms with Crippen LogP contribution in [0, 0.1) is 0 Å². The number of hydrogen-bond acceptors (Lipinski definition) is 4. The second-order valence-electron chi connectivity index (χ2n) is 6.74. The van der Waals surface area contributed by atoms with Gasteiger partial charge in [0.25, 0.3) is 0 Å². The Labute approximate surface area is 166 Å². The molecule has 156 valence electrons. The lowest BCUT2D eigenvalue weighted by molar-refractivity contribution is -0.274. The molecule has 1 unspecified atom stereocenters. The Balaban J connectivity index is 1.51. The van der Waals surface area contributed by atoms with Crippen LogP contribution in [0.25, 0.3) is 0 Å². The van der Waals surface area contributed by atoms with Crippen molar-refractivity contribution in [2.75, 3.05) is 13.2 Å². The summed E-state index contributed by atoms with van der Waals surface area (Å²) in [5.41, 5.74) is 1.65. The number of carbonyl (C=O) groups is 1. The number of amides is 1. The predicted octanol–water partition coefficient (Wildman–Crippen LogP) is 4.56. The van der Waals surface area contributed by atoms with Crippen LogP contribution < -0.4 is 19.5 Å². The summed E-state index contributed by atoms with van der Waals surface area (Å²) in [6.45, 7) is 2.99. The van der Waals surface area contributed by atoms with E-state index in [1.807, 2.05) is 18.2 Å². The molecule has 1 atom stereocenters. The summed E-state index contributed by atoms with van der Waals surface area (Å²) in [5, 5.41) is 2.85. The van der Waals surface area contributed by atoms with Crippen molar-refractivity contribution in [2.24, 2.45) is 0 Å². The lowest BCUT2D eigenvalue weighted by atomic mass is 10.1. The van der Waals surface area contributed by atoms with Crippen LogP contribution in [0.4, 0.5) is 13.2 Å². The summed E-state index contributed by atoms with van der Waals surface area (Å²) in [6, 6.07) is 10.7. The van der Waals surface area contributed by atoms with Gasteiger partial charge in [0.1, 0.15) is 5.75 Å². The number of nitrogens with one attached hydrogen (secondary N) is 1. The molecule has 0 saturated heterocycles. The molecule has 0 radical (unpaired) electrons. The molecule has 1 N–H and O–H groups in total. The van der Waals surface area contributed by atoms with Crippen molar-refractivity contribution < 1.29 is 32.2 Å². The van der Waals surface area contributed by atoms with Crippen molar-refractivity contribution >= 4 is 5.91 Å². The van der Waals surface area contributed by atoms with E-state index in [0.29, 0.717) is 36.7 Å². The number of fused-ring (bicyclic) bond motifs is 1. The zero-order chi connectivity index (χ0) is 20.9. The van der Waals surface area contributed by atoms with Crippen LogP contribution in [0.1, 0.15) is 36.9 Å². The van der Waals surface area contributed by atoms with Gasteiger partial charge in [0.15, 0.2) is 11.5 Å². The molecule has 0 spiro atoms. The van der Waals surface area contributed by atoms with Gasteiger partial charge in [0.05, 0.1) is 19.3 Å². The molecule has 2 aromatic rings. The normalized spacial score (nSPS) is 14.6. The molecule has 1 aliphatic rings. The molecule has 5 nitrogen and oxygen atoms in total. The fourth-order valence-electron chi connectivity index (χ4n) is 2.98. The Kier molecular flexibility index (Phi) is 6.51. The van der Waals surface area contributed by atoms with E-state index in [1.54, 1.807) is 6.92 Å². The Morgan fingerprint density at radius 2 is 1.79 bits per heavy atom. The van der Waals surface area contributed by atoms with Gasteiger partial charge in [0.2, 0.25) is 5.91 Å². The maximum Gasteiger partial charge on any atom is 0.573 e. The summed E-state index contributed by atoms with van der Waals surface area (Å²) >= 11 is 0. The molecule has 1 amide bonds. The van der Waals surface area contributed by atoms with Gasteiger partial charge in [-0.2, -0.15) is 0 Å². The van der Waals surface area contributed by atoms with E-state index in [0.717, 1.165) is 12.0 Å². The number of halogens is 3. The van der Waals surface area contributed by atoms with E-state index in [2.05, 4.69) is 10.1 Å². The number of hydrogen-bond donors (Lipinski definition) is 1. The van der Waals surface area contributed by atoms with Crippen molar-refractivity contribution in [1.29, 1.82) is 0 Å². The molecule has 0 bridgehead atoms. The molecule has 0 saturated carbocycles. The Morgan fingerprint density at radius 3 is 2.48 bits per heavy atom. The summed E-state index contributed by atoms with van der Waals surface area (Å²) < 4.78 is 51.7. The minimum Gasteiger partial charge on any atom is -0.490 e. The van der Waals surface area contributed by atoms with Gasteiger partial charge in [0, 0.05) is 12.8 Å². The molecule has 0 aromatic heterocycles. The number of rotatable bonds is 6. The Hall–Kier alpha value is -2.90. The molecular formula is C21H22F3NO4.